The molecule has 1 fully saturated rings. The Balaban J connectivity index is 1.80. The van der Waals surface area contributed by atoms with Crippen LogP contribution in [0.1, 0.15) is 43.5 Å². The summed E-state index contributed by atoms with van der Waals surface area (Å²) >= 11 is -2.64. The van der Waals surface area contributed by atoms with Gasteiger partial charge in [-0.15, -0.1) is 0 Å². The Morgan fingerprint density at radius 1 is 0.708 bits per heavy atom. The quantitative estimate of drug-likeness (QED) is 0.376. The fraction of sp³-hybridized carbons (Fsp3) is 0.304. The first-order valence-corrected chi connectivity index (χ1v) is 20.4. The van der Waals surface area contributed by atoms with E-state index >= 15 is 0 Å². The van der Waals surface area contributed by atoms with Crippen LogP contribution in [0.2, 0.25) is 9.36 Å². The van der Waals surface area contributed by atoms with Crippen molar-refractivity contribution >= 4 is 12.2 Å². The first-order valence-electron chi connectivity index (χ1n) is 9.04. The Morgan fingerprint density at radius 3 is 1.58 bits per heavy atom. The van der Waals surface area contributed by atoms with E-state index in [9.17, 15) is 0 Å². The average molecular weight is 479 g/mol. The van der Waals surface area contributed by atoms with Crippen molar-refractivity contribution < 1.29 is 20.0 Å². The average Bonchev–Trinajstić information content (AvgIpc) is 3.14. The van der Waals surface area contributed by atoms with Gasteiger partial charge in [0.25, 0.3) is 0 Å². The fourth-order valence-electron chi connectivity index (χ4n) is 5.67. The Hall–Kier alpha value is -1.21. The standard InChI is InChI=1S/C21H18.2CH3.Hf/c1-21(2,19-11-15-7-3-4-8-16(15)12-19)20-13-17-9-5-6-10-18(17)14-20;;;/h3-14H,1-2H3;2*1H3;. The van der Waals surface area contributed by atoms with Gasteiger partial charge in [0.05, 0.1) is 0 Å². The Kier molecular flexibility index (Phi) is 2.95. The third kappa shape index (κ3) is 1.72. The van der Waals surface area contributed by atoms with Crippen LogP contribution in [-0.2, 0) is 20.0 Å². The van der Waals surface area contributed by atoms with Crippen LogP contribution in [0.3, 0.4) is 0 Å². The molecule has 0 bridgehead atoms. The zero-order chi connectivity index (χ0) is 16.7. The van der Waals surface area contributed by atoms with Crippen molar-refractivity contribution in [3.05, 3.63) is 81.9 Å². The van der Waals surface area contributed by atoms with Gasteiger partial charge in [-0.3, -0.25) is 0 Å². The molecule has 1 heteroatoms. The Bertz CT molecular complexity index is 853. The first-order chi connectivity index (χ1) is 11.4. The van der Waals surface area contributed by atoms with E-state index < -0.39 is 20.0 Å². The number of rotatable bonds is 0. The molecular weight excluding hydrogens is 455 g/mol. The van der Waals surface area contributed by atoms with Crippen LogP contribution < -0.4 is 0 Å². The molecule has 24 heavy (non-hydrogen) atoms. The van der Waals surface area contributed by atoms with Crippen LogP contribution >= 0.6 is 0 Å². The molecule has 1 saturated heterocycles. The van der Waals surface area contributed by atoms with Crippen molar-refractivity contribution in [1.82, 2.24) is 0 Å². The third-order valence-electron chi connectivity index (χ3n) is 6.79. The van der Waals surface area contributed by atoms with E-state index in [1.165, 1.54) is 11.1 Å². The second kappa shape index (κ2) is 4.69. The van der Waals surface area contributed by atoms with Gasteiger partial charge in [-0.05, 0) is 0 Å². The van der Waals surface area contributed by atoms with Crippen LogP contribution in [0.15, 0.2) is 59.7 Å². The van der Waals surface area contributed by atoms with E-state index in [0.29, 0.717) is 0 Å². The van der Waals surface area contributed by atoms with Crippen LogP contribution in [0.25, 0.3) is 12.2 Å². The summed E-state index contributed by atoms with van der Waals surface area (Å²) in [5.41, 5.74) is 9.77. The molecule has 3 aliphatic rings. The summed E-state index contributed by atoms with van der Waals surface area (Å²) in [7, 11) is 0. The van der Waals surface area contributed by atoms with Crippen molar-refractivity contribution in [3.63, 3.8) is 0 Å². The minimum absolute atomic E-state index is 0.170. The summed E-state index contributed by atoms with van der Waals surface area (Å²) in [4.78, 5) is 0. The molecule has 0 amide bonds. The van der Waals surface area contributed by atoms with Gasteiger partial charge in [0.2, 0.25) is 0 Å². The predicted octanol–water partition coefficient (Wildman–Crippen LogP) is 6.55. The van der Waals surface area contributed by atoms with Crippen molar-refractivity contribution in [2.24, 2.45) is 5.41 Å². The van der Waals surface area contributed by atoms with Gasteiger partial charge in [0, 0.05) is 0 Å². The van der Waals surface area contributed by atoms with Gasteiger partial charge in [0.1, 0.15) is 0 Å². The van der Waals surface area contributed by atoms with Crippen LogP contribution in [0.4, 0.5) is 0 Å². The van der Waals surface area contributed by atoms with Crippen molar-refractivity contribution in [3.8, 4) is 0 Å². The molecule has 0 N–H and O–H groups in total. The number of hydrogen-bond donors (Lipinski definition) is 0. The molecule has 2 atom stereocenters. The van der Waals surface area contributed by atoms with E-state index in [1.54, 1.807) is 22.3 Å². The van der Waals surface area contributed by atoms with Crippen LogP contribution in [-0.4, -0.2) is 0 Å². The first kappa shape index (κ1) is 15.1. The molecular formula is C23H24Hf. The van der Waals surface area contributed by atoms with Gasteiger partial charge in [-0.25, -0.2) is 0 Å². The number of allylic oxidation sites excluding steroid dienone is 2. The van der Waals surface area contributed by atoms with Gasteiger partial charge in [-0.1, -0.05) is 0 Å². The molecule has 1 aliphatic heterocycles. The third-order valence-corrected chi connectivity index (χ3v) is 22.0. The summed E-state index contributed by atoms with van der Waals surface area (Å²) in [6.07, 6.45) is 5.06. The summed E-state index contributed by atoms with van der Waals surface area (Å²) in [6, 6.07) is 18.3. The molecule has 120 valence electrons. The van der Waals surface area contributed by atoms with Gasteiger partial charge >= 0.3 is 150 Å². The van der Waals surface area contributed by atoms with Crippen molar-refractivity contribution in [2.75, 3.05) is 0 Å². The number of fused-ring (bicyclic) bond motifs is 6. The molecule has 0 saturated carbocycles. The predicted molar refractivity (Wildman–Crippen MR) is 99.8 cm³/mol. The van der Waals surface area contributed by atoms with Gasteiger partial charge < -0.3 is 0 Å². The molecule has 2 unspecified atom stereocenters. The van der Waals surface area contributed by atoms with Crippen molar-refractivity contribution in [2.45, 2.75) is 30.6 Å². The molecule has 2 aromatic rings. The van der Waals surface area contributed by atoms with Crippen LogP contribution in [0.5, 0.6) is 0 Å². The molecule has 0 nitrogen and oxygen atoms in total. The molecule has 2 aliphatic carbocycles. The molecule has 1 heterocycles. The maximum atomic E-state index is 2.70. The van der Waals surface area contributed by atoms with Crippen molar-refractivity contribution in [1.29, 1.82) is 0 Å². The maximum absolute atomic E-state index is 2.70. The zero-order valence-corrected chi connectivity index (χ0v) is 18.5. The fourth-order valence-corrected chi connectivity index (χ4v) is 23.5. The molecule has 0 aromatic heterocycles. The number of benzene rings is 2. The van der Waals surface area contributed by atoms with E-state index in [2.05, 4.69) is 83.9 Å². The molecule has 0 radical (unpaired) electrons. The van der Waals surface area contributed by atoms with E-state index in [0.717, 1.165) is 7.35 Å². The van der Waals surface area contributed by atoms with Crippen LogP contribution in [0, 0.1) is 5.41 Å². The molecule has 2 aromatic carbocycles. The Labute approximate surface area is 149 Å². The zero-order valence-electron chi connectivity index (χ0n) is 14.9. The number of hydrogen-bond acceptors (Lipinski definition) is 0. The van der Waals surface area contributed by atoms with Gasteiger partial charge in [-0.2, -0.15) is 0 Å². The summed E-state index contributed by atoms with van der Waals surface area (Å²) in [5.74, 6) is 0. The van der Waals surface area contributed by atoms with E-state index in [1.807, 2.05) is 0 Å². The molecule has 0 spiro atoms. The second-order valence-corrected chi connectivity index (χ2v) is 26.0. The SMILES string of the molecule is CC1(C)C2=Cc3ccccc3[CH]2[Hf]([CH3])([CH3])[CH]2C1=Cc1ccccc12. The summed E-state index contributed by atoms with van der Waals surface area (Å²) in [6.45, 7) is 4.93. The Morgan fingerprint density at radius 2 is 1.12 bits per heavy atom. The normalized spacial score (nSPS) is 27.5. The molecule has 5 rings (SSSR count). The minimum atomic E-state index is -2.64. The topological polar surface area (TPSA) is 0 Å². The van der Waals surface area contributed by atoms with Gasteiger partial charge in [0.15, 0.2) is 0 Å². The summed E-state index contributed by atoms with van der Waals surface area (Å²) < 4.78 is 6.86. The second-order valence-electron chi connectivity index (χ2n) is 8.77. The monoisotopic (exact) mass is 480 g/mol. The van der Waals surface area contributed by atoms with E-state index in [-0.39, 0.29) is 5.41 Å². The summed E-state index contributed by atoms with van der Waals surface area (Å²) in [5, 5.41) is 0. The van der Waals surface area contributed by atoms with E-state index in [4.69, 9.17) is 0 Å².